The number of amides is 1. The minimum atomic E-state index is -3.72. The summed E-state index contributed by atoms with van der Waals surface area (Å²) in [5, 5.41) is 13.5. The molecule has 1 N–H and O–H groups in total. The molecule has 0 radical (unpaired) electrons. The molecule has 5 rings (SSSR count). The number of anilines is 1. The molecule has 0 aromatic heterocycles. The Morgan fingerprint density at radius 3 is 1.77 bits per heavy atom. The van der Waals surface area contributed by atoms with Gasteiger partial charge in [-0.2, -0.15) is 4.31 Å². The van der Waals surface area contributed by atoms with Crippen molar-refractivity contribution in [2.45, 2.75) is 10.9 Å². The van der Waals surface area contributed by atoms with Crippen LogP contribution in [-0.2, 0) is 10.0 Å². The van der Waals surface area contributed by atoms with Crippen LogP contribution in [0.4, 0.5) is 11.4 Å². The minimum Gasteiger partial charge on any atom is -0.322 e. The molecule has 9 nitrogen and oxygen atoms in total. The van der Waals surface area contributed by atoms with Gasteiger partial charge in [0.2, 0.25) is 10.0 Å². The van der Waals surface area contributed by atoms with E-state index in [2.05, 4.69) is 34.5 Å². The van der Waals surface area contributed by atoms with Crippen LogP contribution in [0.5, 0.6) is 0 Å². The highest BCUT2D eigenvalue weighted by Crippen LogP contribution is 2.30. The lowest BCUT2D eigenvalue weighted by atomic mass is 9.96. The van der Waals surface area contributed by atoms with Crippen LogP contribution in [0.15, 0.2) is 114 Å². The Kier molecular flexibility index (Phi) is 8.01. The zero-order valence-corrected chi connectivity index (χ0v) is 22.4. The van der Waals surface area contributed by atoms with Gasteiger partial charge >= 0.3 is 0 Å². The fraction of sp³-hybridized carbons (Fsp3) is 0.167. The molecule has 0 bridgehead atoms. The van der Waals surface area contributed by atoms with Crippen molar-refractivity contribution in [3.05, 3.63) is 136 Å². The lowest BCUT2D eigenvalue weighted by Gasteiger charge is -2.39. The van der Waals surface area contributed by atoms with Crippen LogP contribution >= 0.6 is 0 Å². The highest BCUT2D eigenvalue weighted by atomic mass is 32.2. The summed E-state index contributed by atoms with van der Waals surface area (Å²) in [7, 11) is -3.72. The maximum atomic E-state index is 13.4. The average molecular weight is 557 g/mol. The highest BCUT2D eigenvalue weighted by molar-refractivity contribution is 7.89. The number of rotatable bonds is 8. The minimum absolute atomic E-state index is 0.0332. The fourth-order valence-corrected chi connectivity index (χ4v) is 6.31. The van der Waals surface area contributed by atoms with Gasteiger partial charge in [-0.15, -0.1) is 0 Å². The van der Waals surface area contributed by atoms with Gasteiger partial charge < -0.3 is 5.32 Å². The van der Waals surface area contributed by atoms with Gasteiger partial charge in [0.15, 0.2) is 0 Å². The fourth-order valence-electron chi connectivity index (χ4n) is 4.88. The van der Waals surface area contributed by atoms with Crippen LogP contribution in [-0.4, -0.2) is 54.6 Å². The molecular formula is C30H28N4O5S. The van der Waals surface area contributed by atoms with Gasteiger partial charge in [0.05, 0.1) is 15.9 Å². The Balaban J connectivity index is 1.24. The molecule has 1 aliphatic rings. The number of hydrogen-bond donors (Lipinski definition) is 1. The number of carbonyl (C=O) groups excluding carboxylic acids is 1. The Bertz CT molecular complexity index is 1530. The summed E-state index contributed by atoms with van der Waals surface area (Å²) in [4.78, 5) is 25.2. The summed E-state index contributed by atoms with van der Waals surface area (Å²) in [5.74, 6) is -0.451. The molecule has 0 saturated carbocycles. The quantitative estimate of drug-likeness (QED) is 0.243. The third kappa shape index (κ3) is 5.94. The van der Waals surface area contributed by atoms with Gasteiger partial charge in [-0.3, -0.25) is 19.8 Å². The Labute approximate surface area is 232 Å². The molecule has 1 saturated heterocycles. The molecule has 4 aromatic rings. The first kappa shape index (κ1) is 27.2. The first-order valence-corrected chi connectivity index (χ1v) is 14.3. The predicted molar refractivity (Wildman–Crippen MR) is 153 cm³/mol. The number of piperazine rings is 1. The van der Waals surface area contributed by atoms with Gasteiger partial charge in [-0.25, -0.2) is 8.42 Å². The second-order valence-electron chi connectivity index (χ2n) is 9.45. The van der Waals surface area contributed by atoms with Crippen LogP contribution in [0.2, 0.25) is 0 Å². The molecule has 1 aliphatic heterocycles. The normalized spacial score (nSPS) is 14.6. The van der Waals surface area contributed by atoms with E-state index >= 15 is 0 Å². The third-order valence-corrected chi connectivity index (χ3v) is 8.87. The van der Waals surface area contributed by atoms with Crippen molar-refractivity contribution in [3.8, 4) is 0 Å². The molecule has 1 fully saturated rings. The van der Waals surface area contributed by atoms with Crippen molar-refractivity contribution in [2.24, 2.45) is 0 Å². The van der Waals surface area contributed by atoms with Gasteiger partial charge in [0.1, 0.15) is 0 Å². The standard InChI is InChI=1S/C30H28N4O5S/c35-30(25-11-15-27(16-12-25)34(36)37)31-26-13-17-28(18-14-26)40(38,39)33-21-19-32(20-22-33)29(23-7-3-1-4-8-23)24-9-5-2-6-10-24/h1-18,29H,19-22H2,(H,31,35). The molecule has 1 heterocycles. The van der Waals surface area contributed by atoms with Gasteiger partial charge in [0.25, 0.3) is 11.6 Å². The van der Waals surface area contributed by atoms with Crippen LogP contribution in [0.25, 0.3) is 0 Å². The molecule has 0 spiro atoms. The van der Waals surface area contributed by atoms with E-state index in [-0.39, 0.29) is 22.2 Å². The van der Waals surface area contributed by atoms with Gasteiger partial charge in [-0.05, 0) is 47.5 Å². The van der Waals surface area contributed by atoms with E-state index in [9.17, 15) is 23.3 Å². The van der Waals surface area contributed by atoms with Crippen molar-refractivity contribution < 1.29 is 18.1 Å². The van der Waals surface area contributed by atoms with E-state index in [0.29, 0.717) is 31.9 Å². The van der Waals surface area contributed by atoms with E-state index in [1.165, 1.54) is 52.8 Å². The van der Waals surface area contributed by atoms with E-state index in [4.69, 9.17) is 0 Å². The molecule has 204 valence electrons. The second-order valence-corrected chi connectivity index (χ2v) is 11.4. The van der Waals surface area contributed by atoms with Crippen molar-refractivity contribution in [3.63, 3.8) is 0 Å². The average Bonchev–Trinajstić information content (AvgIpc) is 2.99. The number of nitrogens with zero attached hydrogens (tertiary/aromatic N) is 3. The zero-order valence-electron chi connectivity index (χ0n) is 21.6. The molecule has 1 amide bonds. The maximum Gasteiger partial charge on any atom is 0.269 e. The summed E-state index contributed by atoms with van der Waals surface area (Å²) < 4.78 is 28.3. The first-order chi connectivity index (χ1) is 19.3. The topological polar surface area (TPSA) is 113 Å². The second kappa shape index (κ2) is 11.8. The molecule has 0 atom stereocenters. The van der Waals surface area contributed by atoms with Gasteiger partial charge in [0, 0.05) is 49.6 Å². The van der Waals surface area contributed by atoms with Crippen molar-refractivity contribution >= 4 is 27.3 Å². The van der Waals surface area contributed by atoms with Crippen molar-refractivity contribution in [1.82, 2.24) is 9.21 Å². The molecule has 0 unspecified atom stereocenters. The van der Waals surface area contributed by atoms with Crippen molar-refractivity contribution in [1.29, 1.82) is 0 Å². The number of benzene rings is 4. The van der Waals surface area contributed by atoms with Crippen LogP contribution < -0.4 is 5.32 Å². The lowest BCUT2D eigenvalue weighted by Crippen LogP contribution is -2.49. The summed E-state index contributed by atoms with van der Waals surface area (Å²) in [6.45, 7) is 1.88. The summed E-state index contributed by atoms with van der Waals surface area (Å²) >= 11 is 0. The molecule has 0 aliphatic carbocycles. The predicted octanol–water partition coefficient (Wildman–Crippen LogP) is 4.94. The number of nitro benzene ring substituents is 1. The number of nitro groups is 1. The van der Waals surface area contributed by atoms with E-state index < -0.39 is 20.9 Å². The number of carbonyl (C=O) groups is 1. The smallest absolute Gasteiger partial charge is 0.269 e. The van der Waals surface area contributed by atoms with Gasteiger partial charge in [-0.1, -0.05) is 60.7 Å². The Morgan fingerprint density at radius 2 is 1.27 bits per heavy atom. The maximum absolute atomic E-state index is 13.4. The first-order valence-electron chi connectivity index (χ1n) is 12.8. The largest absolute Gasteiger partial charge is 0.322 e. The van der Waals surface area contributed by atoms with E-state index in [0.717, 1.165) is 11.1 Å². The summed E-state index contributed by atoms with van der Waals surface area (Å²) in [6, 6.07) is 31.8. The van der Waals surface area contributed by atoms with Crippen LogP contribution in [0.1, 0.15) is 27.5 Å². The lowest BCUT2D eigenvalue weighted by molar-refractivity contribution is -0.384. The SMILES string of the molecule is O=C(Nc1ccc(S(=O)(=O)N2CCN(C(c3ccccc3)c3ccccc3)CC2)cc1)c1ccc([N+](=O)[O-])cc1. The van der Waals surface area contributed by atoms with Crippen LogP contribution in [0.3, 0.4) is 0 Å². The van der Waals surface area contributed by atoms with Crippen molar-refractivity contribution in [2.75, 3.05) is 31.5 Å². The zero-order chi connectivity index (χ0) is 28.1. The number of non-ortho nitro benzene ring substituents is 1. The van der Waals surface area contributed by atoms with E-state index in [1.54, 1.807) is 0 Å². The molecule has 40 heavy (non-hydrogen) atoms. The number of hydrogen-bond acceptors (Lipinski definition) is 6. The van der Waals surface area contributed by atoms with Crippen LogP contribution in [0, 0.1) is 10.1 Å². The summed E-state index contributed by atoms with van der Waals surface area (Å²) in [5.41, 5.74) is 2.89. The summed E-state index contributed by atoms with van der Waals surface area (Å²) in [6.07, 6.45) is 0. The molecule has 4 aromatic carbocycles. The highest BCUT2D eigenvalue weighted by Gasteiger charge is 2.32. The number of nitrogens with one attached hydrogen (secondary N) is 1. The monoisotopic (exact) mass is 556 g/mol. The Hall–Kier alpha value is -4.38. The molecular weight excluding hydrogens is 528 g/mol. The van der Waals surface area contributed by atoms with E-state index in [1.807, 2.05) is 36.4 Å². The molecule has 10 heteroatoms. The number of sulfonamides is 1. The third-order valence-electron chi connectivity index (χ3n) is 6.96. The Morgan fingerprint density at radius 1 is 0.750 bits per heavy atom.